The van der Waals surface area contributed by atoms with E-state index in [9.17, 15) is 0 Å². The first-order chi connectivity index (χ1) is 9.73. The predicted octanol–water partition coefficient (Wildman–Crippen LogP) is 2.01. The van der Waals surface area contributed by atoms with E-state index in [0.717, 1.165) is 31.3 Å². The van der Waals surface area contributed by atoms with E-state index in [1.165, 1.54) is 24.8 Å². The standard InChI is InChI=1S/C16H23N3O/c1-19-11-10-17-15(19)18-12-16(8-3-9-16)13-4-6-14(20-2)7-5-13/h4-7H,3,8-12H2,1-2H3,(H,17,18). The molecule has 20 heavy (non-hydrogen) atoms. The number of nitrogens with zero attached hydrogens (tertiary/aromatic N) is 2. The van der Waals surface area contributed by atoms with Crippen LogP contribution in [0.15, 0.2) is 29.3 Å². The van der Waals surface area contributed by atoms with Crippen LogP contribution < -0.4 is 10.1 Å². The Balaban J connectivity index is 1.70. The number of aliphatic imine (C=N–C) groups is 1. The summed E-state index contributed by atoms with van der Waals surface area (Å²) in [5.74, 6) is 1.97. The van der Waals surface area contributed by atoms with E-state index in [0.29, 0.717) is 0 Å². The van der Waals surface area contributed by atoms with E-state index in [-0.39, 0.29) is 5.41 Å². The molecule has 1 aliphatic heterocycles. The Hall–Kier alpha value is -1.71. The average Bonchev–Trinajstić information content (AvgIpc) is 2.84. The van der Waals surface area contributed by atoms with Crippen LogP contribution in [0.4, 0.5) is 0 Å². The summed E-state index contributed by atoms with van der Waals surface area (Å²) in [4.78, 5) is 6.71. The largest absolute Gasteiger partial charge is 0.497 e. The van der Waals surface area contributed by atoms with Gasteiger partial charge < -0.3 is 15.0 Å². The van der Waals surface area contributed by atoms with E-state index in [2.05, 4.69) is 46.5 Å². The lowest BCUT2D eigenvalue weighted by molar-refractivity contribution is 0.242. The van der Waals surface area contributed by atoms with Gasteiger partial charge in [-0.3, -0.25) is 4.99 Å². The van der Waals surface area contributed by atoms with Crippen molar-refractivity contribution in [2.75, 3.05) is 33.8 Å². The van der Waals surface area contributed by atoms with Crippen LogP contribution in [0, 0.1) is 0 Å². The van der Waals surface area contributed by atoms with Gasteiger partial charge in [-0.1, -0.05) is 18.6 Å². The second-order valence-corrected chi connectivity index (χ2v) is 5.84. The molecule has 0 amide bonds. The number of rotatable bonds is 4. The Morgan fingerprint density at radius 1 is 1.30 bits per heavy atom. The molecule has 0 unspecified atom stereocenters. The summed E-state index contributed by atoms with van der Waals surface area (Å²) in [6.45, 7) is 2.91. The zero-order chi connectivity index (χ0) is 14.0. The summed E-state index contributed by atoms with van der Waals surface area (Å²) in [6, 6.07) is 8.54. The van der Waals surface area contributed by atoms with Crippen molar-refractivity contribution in [2.45, 2.75) is 24.7 Å². The number of hydrogen-bond acceptors (Lipinski definition) is 4. The van der Waals surface area contributed by atoms with Gasteiger partial charge in [0.15, 0.2) is 5.96 Å². The highest BCUT2D eigenvalue weighted by Crippen LogP contribution is 2.43. The first-order valence-electron chi connectivity index (χ1n) is 7.37. The summed E-state index contributed by atoms with van der Waals surface area (Å²) in [5, 5.41) is 3.55. The second-order valence-electron chi connectivity index (χ2n) is 5.84. The molecular formula is C16H23N3O. The van der Waals surface area contributed by atoms with Crippen molar-refractivity contribution in [1.82, 2.24) is 10.2 Å². The van der Waals surface area contributed by atoms with Gasteiger partial charge in [0.1, 0.15) is 5.75 Å². The molecule has 1 fully saturated rings. The molecule has 0 saturated heterocycles. The van der Waals surface area contributed by atoms with Gasteiger partial charge >= 0.3 is 0 Å². The maximum atomic E-state index is 5.25. The van der Waals surface area contributed by atoms with E-state index in [4.69, 9.17) is 4.74 Å². The third kappa shape index (κ3) is 2.35. The number of guanidine groups is 1. The van der Waals surface area contributed by atoms with Crippen LogP contribution >= 0.6 is 0 Å². The topological polar surface area (TPSA) is 36.9 Å². The minimum Gasteiger partial charge on any atom is -0.497 e. The van der Waals surface area contributed by atoms with Gasteiger partial charge in [-0.2, -0.15) is 0 Å². The van der Waals surface area contributed by atoms with Gasteiger partial charge in [-0.05, 0) is 30.5 Å². The fourth-order valence-electron chi connectivity index (χ4n) is 3.09. The van der Waals surface area contributed by atoms with Crippen molar-refractivity contribution in [3.05, 3.63) is 29.8 Å². The van der Waals surface area contributed by atoms with E-state index < -0.39 is 0 Å². The summed E-state index contributed by atoms with van der Waals surface area (Å²) in [6.07, 6.45) is 3.82. The Morgan fingerprint density at radius 3 is 2.55 bits per heavy atom. The fraction of sp³-hybridized carbons (Fsp3) is 0.562. The monoisotopic (exact) mass is 273 g/mol. The average molecular weight is 273 g/mol. The smallest absolute Gasteiger partial charge is 0.193 e. The van der Waals surface area contributed by atoms with Crippen molar-refractivity contribution < 1.29 is 4.74 Å². The van der Waals surface area contributed by atoms with Crippen molar-refractivity contribution >= 4 is 5.96 Å². The van der Waals surface area contributed by atoms with Gasteiger partial charge in [-0.15, -0.1) is 0 Å². The van der Waals surface area contributed by atoms with Crippen LogP contribution in [0.2, 0.25) is 0 Å². The maximum absolute atomic E-state index is 5.25. The van der Waals surface area contributed by atoms with Crippen LogP contribution in [0.5, 0.6) is 5.75 Å². The minimum absolute atomic E-state index is 0.276. The van der Waals surface area contributed by atoms with Crippen LogP contribution in [-0.2, 0) is 5.41 Å². The second kappa shape index (κ2) is 5.35. The zero-order valence-corrected chi connectivity index (χ0v) is 12.4. The quantitative estimate of drug-likeness (QED) is 0.911. The number of likely N-dealkylation sites (N-methyl/N-ethyl adjacent to an activating group) is 1. The zero-order valence-electron chi connectivity index (χ0n) is 12.4. The summed E-state index contributed by atoms with van der Waals surface area (Å²) < 4.78 is 5.25. The third-order valence-corrected chi connectivity index (χ3v) is 4.66. The molecule has 1 aliphatic carbocycles. The van der Waals surface area contributed by atoms with Gasteiger partial charge in [0.05, 0.1) is 13.7 Å². The molecule has 3 rings (SSSR count). The molecule has 1 heterocycles. The molecule has 4 heteroatoms. The van der Waals surface area contributed by atoms with Crippen LogP contribution in [-0.4, -0.2) is 44.7 Å². The molecule has 0 spiro atoms. The molecule has 0 atom stereocenters. The lowest BCUT2D eigenvalue weighted by atomic mass is 9.64. The predicted molar refractivity (Wildman–Crippen MR) is 81.5 cm³/mol. The van der Waals surface area contributed by atoms with Crippen LogP contribution in [0.3, 0.4) is 0 Å². The normalized spacial score (nSPS) is 20.3. The number of benzene rings is 1. The Morgan fingerprint density at radius 2 is 2.05 bits per heavy atom. The highest BCUT2D eigenvalue weighted by molar-refractivity contribution is 5.81. The maximum Gasteiger partial charge on any atom is 0.193 e. The Kier molecular flexibility index (Phi) is 3.55. The first-order valence-corrected chi connectivity index (χ1v) is 7.37. The van der Waals surface area contributed by atoms with E-state index in [1.54, 1.807) is 7.11 Å². The van der Waals surface area contributed by atoms with Gasteiger partial charge in [0.2, 0.25) is 0 Å². The van der Waals surface area contributed by atoms with Crippen molar-refractivity contribution in [1.29, 1.82) is 0 Å². The Labute approximate surface area is 120 Å². The fourth-order valence-corrected chi connectivity index (χ4v) is 3.09. The molecule has 1 saturated carbocycles. The van der Waals surface area contributed by atoms with Gasteiger partial charge in [0.25, 0.3) is 0 Å². The molecule has 2 aliphatic rings. The number of hydrogen-bond donors (Lipinski definition) is 1. The van der Waals surface area contributed by atoms with Gasteiger partial charge in [-0.25, -0.2) is 0 Å². The molecule has 4 nitrogen and oxygen atoms in total. The summed E-state index contributed by atoms with van der Waals surface area (Å²) in [7, 11) is 3.81. The molecule has 1 aromatic rings. The molecule has 1 aromatic carbocycles. The molecule has 0 radical (unpaired) electrons. The van der Waals surface area contributed by atoms with Crippen molar-refractivity contribution in [2.24, 2.45) is 4.99 Å². The minimum atomic E-state index is 0.276. The van der Waals surface area contributed by atoms with Crippen molar-refractivity contribution in [3.63, 3.8) is 0 Å². The van der Waals surface area contributed by atoms with Crippen LogP contribution in [0.1, 0.15) is 24.8 Å². The molecular weight excluding hydrogens is 250 g/mol. The first kappa shape index (κ1) is 13.3. The van der Waals surface area contributed by atoms with Crippen molar-refractivity contribution in [3.8, 4) is 5.75 Å². The van der Waals surface area contributed by atoms with Crippen LogP contribution in [0.25, 0.3) is 0 Å². The third-order valence-electron chi connectivity index (χ3n) is 4.66. The number of nitrogens with one attached hydrogen (secondary N) is 1. The Bertz CT molecular complexity index is 491. The summed E-state index contributed by atoms with van der Waals surface area (Å²) >= 11 is 0. The molecule has 0 aromatic heterocycles. The molecule has 0 bridgehead atoms. The highest BCUT2D eigenvalue weighted by atomic mass is 16.5. The number of methoxy groups -OCH3 is 1. The van der Waals surface area contributed by atoms with E-state index in [1.807, 2.05) is 0 Å². The number of ether oxygens (including phenoxy) is 1. The lowest BCUT2D eigenvalue weighted by Gasteiger charge is -2.43. The molecule has 108 valence electrons. The SMILES string of the molecule is COc1ccc(C2(CNC3=NCCN3C)CCC2)cc1. The lowest BCUT2D eigenvalue weighted by Crippen LogP contribution is -2.48. The highest BCUT2D eigenvalue weighted by Gasteiger charge is 2.38. The van der Waals surface area contributed by atoms with Gasteiger partial charge in [0, 0.05) is 25.6 Å². The summed E-state index contributed by atoms with van der Waals surface area (Å²) in [5.41, 5.74) is 1.69. The molecule has 1 N–H and O–H groups in total. The van der Waals surface area contributed by atoms with E-state index >= 15 is 0 Å².